The van der Waals surface area contributed by atoms with E-state index in [-0.39, 0.29) is 11.3 Å². The molecule has 1 fully saturated rings. The van der Waals surface area contributed by atoms with Crippen molar-refractivity contribution in [3.05, 3.63) is 64.7 Å². The normalized spacial score (nSPS) is 19.2. The van der Waals surface area contributed by atoms with E-state index in [0.717, 1.165) is 17.7 Å². The minimum absolute atomic E-state index is 0.0833. The van der Waals surface area contributed by atoms with Crippen LogP contribution in [0.3, 0.4) is 0 Å². The van der Waals surface area contributed by atoms with Crippen molar-refractivity contribution in [3.63, 3.8) is 0 Å². The topological polar surface area (TPSA) is 85.3 Å². The Kier molecular flexibility index (Phi) is 6.46. The zero-order chi connectivity index (χ0) is 22.7. The second-order valence-electron chi connectivity index (χ2n) is 7.77. The fraction of sp³-hybridized carbons (Fsp3) is 0.360. The number of likely N-dealkylation sites (tertiary alicyclic amines) is 1. The number of benzene rings is 2. The number of hydrogen-bond acceptors (Lipinski definition) is 6. The van der Waals surface area contributed by atoms with Gasteiger partial charge in [-0.15, -0.1) is 0 Å². The first kappa shape index (κ1) is 21.9. The molecule has 0 spiro atoms. The molecule has 32 heavy (non-hydrogen) atoms. The minimum atomic E-state index is -0.711. The van der Waals surface area contributed by atoms with Crippen molar-refractivity contribution in [2.75, 3.05) is 33.5 Å². The molecule has 168 valence electrons. The summed E-state index contributed by atoms with van der Waals surface area (Å²) in [5, 5.41) is 11.2. The number of methoxy groups -OCH3 is 1. The highest BCUT2D eigenvalue weighted by Gasteiger charge is 2.46. The Morgan fingerprint density at radius 2 is 2.06 bits per heavy atom. The molecule has 2 aromatic rings. The summed E-state index contributed by atoms with van der Waals surface area (Å²) in [5.74, 6) is -0.0776. The van der Waals surface area contributed by atoms with Crippen LogP contribution in [-0.2, 0) is 20.7 Å². The first-order chi connectivity index (χ1) is 15.5. The number of aliphatic hydroxyl groups is 1. The summed E-state index contributed by atoms with van der Waals surface area (Å²) in [6.07, 6.45) is 1.31. The minimum Gasteiger partial charge on any atom is -0.507 e. The molecule has 0 bridgehead atoms. The molecule has 1 amide bonds. The molecule has 0 saturated carbocycles. The maximum absolute atomic E-state index is 13.1. The molecule has 2 aromatic carbocycles. The molecule has 2 heterocycles. The van der Waals surface area contributed by atoms with Crippen LogP contribution in [-0.4, -0.2) is 55.2 Å². The van der Waals surface area contributed by atoms with E-state index in [9.17, 15) is 14.7 Å². The number of ether oxygens (including phenoxy) is 3. The molecule has 4 rings (SSSR count). The smallest absolute Gasteiger partial charge is 0.295 e. The predicted molar refractivity (Wildman–Crippen MR) is 119 cm³/mol. The van der Waals surface area contributed by atoms with E-state index >= 15 is 0 Å². The van der Waals surface area contributed by atoms with Crippen molar-refractivity contribution in [2.24, 2.45) is 0 Å². The van der Waals surface area contributed by atoms with Gasteiger partial charge in [0.05, 0.1) is 24.8 Å². The van der Waals surface area contributed by atoms with Crippen LogP contribution in [0, 0.1) is 0 Å². The monoisotopic (exact) mass is 437 g/mol. The van der Waals surface area contributed by atoms with Gasteiger partial charge in [0.1, 0.15) is 17.3 Å². The number of carbonyl (C=O) groups is 2. The van der Waals surface area contributed by atoms with Crippen LogP contribution in [0.25, 0.3) is 5.76 Å². The average Bonchev–Trinajstić information content (AvgIpc) is 3.37. The van der Waals surface area contributed by atoms with Gasteiger partial charge >= 0.3 is 0 Å². The summed E-state index contributed by atoms with van der Waals surface area (Å²) in [4.78, 5) is 27.6. The largest absolute Gasteiger partial charge is 0.507 e. The molecule has 2 aliphatic heterocycles. The number of aliphatic hydroxyl groups excluding tert-OH is 1. The van der Waals surface area contributed by atoms with E-state index in [4.69, 9.17) is 14.2 Å². The second kappa shape index (κ2) is 9.44. The van der Waals surface area contributed by atoms with Crippen LogP contribution in [0.2, 0.25) is 0 Å². The summed E-state index contributed by atoms with van der Waals surface area (Å²) < 4.78 is 16.3. The van der Waals surface area contributed by atoms with E-state index < -0.39 is 17.7 Å². The molecule has 1 unspecified atom stereocenters. The van der Waals surface area contributed by atoms with Gasteiger partial charge in [0.15, 0.2) is 0 Å². The highest BCUT2D eigenvalue weighted by atomic mass is 16.5. The van der Waals surface area contributed by atoms with Gasteiger partial charge in [-0.3, -0.25) is 9.59 Å². The molecule has 1 N–H and O–H groups in total. The molecule has 0 aliphatic carbocycles. The number of ketones is 1. The van der Waals surface area contributed by atoms with Gasteiger partial charge in [-0.2, -0.15) is 0 Å². The number of fused-ring (bicyclic) bond motifs is 1. The summed E-state index contributed by atoms with van der Waals surface area (Å²) in [6.45, 7) is 3.76. The van der Waals surface area contributed by atoms with E-state index in [1.54, 1.807) is 19.2 Å². The van der Waals surface area contributed by atoms with Gasteiger partial charge < -0.3 is 24.2 Å². The van der Waals surface area contributed by atoms with Crippen LogP contribution in [0.5, 0.6) is 11.5 Å². The highest BCUT2D eigenvalue weighted by molar-refractivity contribution is 6.46. The molecule has 7 heteroatoms. The SMILES string of the molecule is CCOc1cccc(C2/C(=C(/O)c3ccc4c(c3)CCO4)C(=O)C(=O)N2CCCOC)c1. The maximum Gasteiger partial charge on any atom is 0.295 e. The predicted octanol–water partition coefficient (Wildman–Crippen LogP) is 3.48. The third kappa shape index (κ3) is 4.08. The van der Waals surface area contributed by atoms with Gasteiger partial charge in [-0.1, -0.05) is 12.1 Å². The van der Waals surface area contributed by atoms with E-state index in [1.807, 2.05) is 37.3 Å². The fourth-order valence-electron chi connectivity index (χ4n) is 4.27. The Morgan fingerprint density at radius 1 is 1.22 bits per heavy atom. The Bertz CT molecular complexity index is 1060. The van der Waals surface area contributed by atoms with Crippen LogP contribution < -0.4 is 9.47 Å². The Hall–Kier alpha value is -3.32. The van der Waals surface area contributed by atoms with Crippen LogP contribution >= 0.6 is 0 Å². The maximum atomic E-state index is 13.1. The van der Waals surface area contributed by atoms with Gasteiger partial charge in [0.2, 0.25) is 0 Å². The summed E-state index contributed by atoms with van der Waals surface area (Å²) >= 11 is 0. The third-order valence-corrected chi connectivity index (χ3v) is 5.74. The average molecular weight is 437 g/mol. The van der Waals surface area contributed by atoms with Crippen molar-refractivity contribution >= 4 is 17.4 Å². The lowest BCUT2D eigenvalue weighted by atomic mass is 9.94. The van der Waals surface area contributed by atoms with Gasteiger partial charge in [0.25, 0.3) is 11.7 Å². The number of carbonyl (C=O) groups excluding carboxylic acids is 2. The van der Waals surface area contributed by atoms with Crippen molar-refractivity contribution < 1.29 is 28.9 Å². The number of hydrogen-bond donors (Lipinski definition) is 1. The van der Waals surface area contributed by atoms with Crippen LogP contribution in [0.1, 0.15) is 36.1 Å². The molecule has 0 radical (unpaired) electrons. The fourth-order valence-corrected chi connectivity index (χ4v) is 4.27. The Balaban J connectivity index is 1.81. The van der Waals surface area contributed by atoms with Crippen molar-refractivity contribution in [1.29, 1.82) is 0 Å². The summed E-state index contributed by atoms with van der Waals surface area (Å²) in [5.41, 5.74) is 2.26. The third-order valence-electron chi connectivity index (χ3n) is 5.74. The van der Waals surface area contributed by atoms with Crippen molar-refractivity contribution in [2.45, 2.75) is 25.8 Å². The highest BCUT2D eigenvalue weighted by Crippen LogP contribution is 2.41. The summed E-state index contributed by atoms with van der Waals surface area (Å²) in [6, 6.07) is 11.9. The van der Waals surface area contributed by atoms with E-state index in [1.165, 1.54) is 4.90 Å². The molecule has 7 nitrogen and oxygen atoms in total. The van der Waals surface area contributed by atoms with E-state index in [2.05, 4.69) is 0 Å². The lowest BCUT2D eigenvalue weighted by Crippen LogP contribution is -2.31. The molecule has 0 aromatic heterocycles. The molecule has 1 saturated heterocycles. The lowest BCUT2D eigenvalue weighted by Gasteiger charge is -2.25. The Morgan fingerprint density at radius 3 is 2.84 bits per heavy atom. The van der Waals surface area contributed by atoms with Crippen LogP contribution in [0.15, 0.2) is 48.0 Å². The Labute approximate surface area is 187 Å². The molecule has 2 aliphatic rings. The quantitative estimate of drug-likeness (QED) is 0.295. The second-order valence-corrected chi connectivity index (χ2v) is 7.77. The zero-order valence-electron chi connectivity index (χ0n) is 18.3. The van der Waals surface area contributed by atoms with Gasteiger partial charge in [-0.05, 0) is 54.8 Å². The van der Waals surface area contributed by atoms with Crippen LogP contribution in [0.4, 0.5) is 0 Å². The molecule has 1 atom stereocenters. The van der Waals surface area contributed by atoms with Crippen molar-refractivity contribution in [1.82, 2.24) is 4.90 Å². The first-order valence-electron chi connectivity index (χ1n) is 10.8. The lowest BCUT2D eigenvalue weighted by molar-refractivity contribution is -0.140. The first-order valence-corrected chi connectivity index (χ1v) is 10.8. The van der Waals surface area contributed by atoms with Crippen molar-refractivity contribution in [3.8, 4) is 11.5 Å². The van der Waals surface area contributed by atoms with Gasteiger partial charge in [0, 0.05) is 32.2 Å². The standard InChI is InChI=1S/C25H27NO6/c1-3-31-19-7-4-6-17(15-19)22-21(24(28)25(29)26(22)11-5-12-30-2)23(27)18-8-9-20-16(14-18)10-13-32-20/h4,6-9,14-15,22,27H,3,5,10-13H2,1-2H3/b23-21-. The zero-order valence-corrected chi connectivity index (χ0v) is 18.3. The number of amides is 1. The number of rotatable bonds is 8. The number of nitrogens with zero attached hydrogens (tertiary/aromatic N) is 1. The number of Topliss-reactive ketones (excluding diaryl/α,β-unsaturated/α-hetero) is 1. The molecular formula is C25H27NO6. The summed E-state index contributed by atoms with van der Waals surface area (Å²) in [7, 11) is 1.59. The van der Waals surface area contributed by atoms with E-state index in [0.29, 0.717) is 49.7 Å². The van der Waals surface area contributed by atoms with Gasteiger partial charge in [-0.25, -0.2) is 0 Å². The molecular weight excluding hydrogens is 410 g/mol.